The van der Waals surface area contributed by atoms with Crippen molar-refractivity contribution in [3.63, 3.8) is 0 Å². The normalized spacial score (nSPS) is 23.9. The highest BCUT2D eigenvalue weighted by atomic mass is 16.5. The van der Waals surface area contributed by atoms with Crippen molar-refractivity contribution in [3.8, 4) is 0 Å². The molecule has 2 aromatic rings. The van der Waals surface area contributed by atoms with Crippen molar-refractivity contribution in [2.45, 2.75) is 63.8 Å². The summed E-state index contributed by atoms with van der Waals surface area (Å²) in [5, 5.41) is 0. The van der Waals surface area contributed by atoms with Gasteiger partial charge >= 0.3 is 0 Å². The molecule has 5 rings (SSSR count). The fourth-order valence-electron chi connectivity index (χ4n) is 6.13. The number of fused-ring (bicyclic) bond motifs is 1. The van der Waals surface area contributed by atoms with Gasteiger partial charge in [-0.25, -0.2) is 5.43 Å². The molecule has 2 fully saturated rings. The van der Waals surface area contributed by atoms with E-state index in [4.69, 9.17) is 4.74 Å². The first-order valence-corrected chi connectivity index (χ1v) is 14.2. The summed E-state index contributed by atoms with van der Waals surface area (Å²) < 4.78 is 5.48. The number of hydrogen-bond acceptors (Lipinski definition) is 7. The highest BCUT2D eigenvalue weighted by Gasteiger charge is 2.42. The molecule has 2 aromatic carbocycles. The Balaban J connectivity index is 1.27. The van der Waals surface area contributed by atoms with E-state index >= 15 is 0 Å². The van der Waals surface area contributed by atoms with E-state index < -0.39 is 5.60 Å². The van der Waals surface area contributed by atoms with E-state index in [0.717, 1.165) is 31.5 Å². The van der Waals surface area contributed by atoms with Crippen LogP contribution in [-0.4, -0.2) is 79.0 Å². The molecule has 3 aliphatic heterocycles. The van der Waals surface area contributed by atoms with E-state index in [1.54, 1.807) is 13.2 Å². The van der Waals surface area contributed by atoms with E-state index in [1.807, 2.05) is 56.1 Å². The average molecular weight is 548 g/mol. The van der Waals surface area contributed by atoms with E-state index in [2.05, 4.69) is 34.8 Å². The van der Waals surface area contributed by atoms with Crippen LogP contribution in [-0.2, 0) is 9.53 Å². The molecule has 0 saturated carbocycles. The van der Waals surface area contributed by atoms with Gasteiger partial charge in [0.05, 0.1) is 34.9 Å². The number of methoxy groups -OCH3 is 1. The summed E-state index contributed by atoms with van der Waals surface area (Å²) in [5.41, 5.74) is 8.96. The van der Waals surface area contributed by atoms with Gasteiger partial charge in [0, 0.05) is 45.4 Å². The number of ether oxygens (including phenoxy) is 1. The van der Waals surface area contributed by atoms with Crippen LogP contribution in [0.25, 0.3) is 0 Å². The Bertz CT molecular complexity index is 1270. The lowest BCUT2D eigenvalue weighted by Crippen LogP contribution is -2.52. The smallest absolute Gasteiger partial charge is 0.263 e. The third-order valence-corrected chi connectivity index (χ3v) is 8.86. The number of anilines is 1. The Morgan fingerprint density at radius 1 is 1.10 bits per heavy atom. The lowest BCUT2D eigenvalue weighted by molar-refractivity contribution is -0.136. The van der Waals surface area contributed by atoms with Crippen LogP contribution in [0.15, 0.2) is 48.5 Å². The van der Waals surface area contributed by atoms with Crippen molar-refractivity contribution < 1.29 is 19.1 Å². The second-order valence-corrected chi connectivity index (χ2v) is 11.9. The Labute approximate surface area is 236 Å². The topological polar surface area (TPSA) is 94.2 Å². The summed E-state index contributed by atoms with van der Waals surface area (Å²) in [4.78, 5) is 45.7. The van der Waals surface area contributed by atoms with Gasteiger partial charge in [-0.1, -0.05) is 36.4 Å². The van der Waals surface area contributed by atoms with Crippen LogP contribution in [0.1, 0.15) is 72.4 Å². The Morgan fingerprint density at radius 3 is 2.58 bits per heavy atom. The molecule has 0 bridgehead atoms. The lowest BCUT2D eigenvalue weighted by Gasteiger charge is -2.38. The molecular formula is C31H41N5O4. The number of amides is 3. The number of hydrogen-bond donors (Lipinski definition) is 2. The zero-order valence-electron chi connectivity index (χ0n) is 24.1. The number of nitrogens with one attached hydrogen (secondary N) is 2. The lowest BCUT2D eigenvalue weighted by atomic mass is 9.93. The summed E-state index contributed by atoms with van der Waals surface area (Å²) in [6, 6.07) is 16.1. The molecule has 214 valence electrons. The minimum atomic E-state index is -0.651. The first kappa shape index (κ1) is 28.3. The molecule has 4 unspecified atom stereocenters. The molecule has 0 spiro atoms. The molecule has 4 atom stereocenters. The summed E-state index contributed by atoms with van der Waals surface area (Å²) in [7, 11) is 3.47. The molecule has 2 saturated heterocycles. The molecule has 0 radical (unpaired) electrons. The maximum atomic E-state index is 13.7. The zero-order valence-corrected chi connectivity index (χ0v) is 24.1. The Morgan fingerprint density at radius 2 is 1.85 bits per heavy atom. The Hall–Kier alpha value is -3.27. The number of hydrazine groups is 1. The number of likely N-dealkylation sites (N-methyl/N-ethyl adjacent to an activating group) is 1. The van der Waals surface area contributed by atoms with E-state index in [1.165, 1.54) is 10.5 Å². The van der Waals surface area contributed by atoms with Crippen molar-refractivity contribution in [1.82, 2.24) is 20.7 Å². The van der Waals surface area contributed by atoms with Gasteiger partial charge in [-0.3, -0.25) is 24.7 Å². The maximum Gasteiger partial charge on any atom is 0.263 e. The van der Waals surface area contributed by atoms with Crippen molar-refractivity contribution in [1.29, 1.82) is 0 Å². The summed E-state index contributed by atoms with van der Waals surface area (Å²) in [6.07, 6.45) is 2.53. The fourth-order valence-corrected chi connectivity index (χ4v) is 6.13. The minimum Gasteiger partial charge on any atom is -0.377 e. The number of nitrogens with zero attached hydrogens (tertiary/aromatic N) is 3. The van der Waals surface area contributed by atoms with Crippen LogP contribution in [0.4, 0.5) is 5.69 Å². The maximum absolute atomic E-state index is 13.7. The van der Waals surface area contributed by atoms with Gasteiger partial charge in [0.2, 0.25) is 5.91 Å². The summed E-state index contributed by atoms with van der Waals surface area (Å²) in [5.74, 6) is -0.669. The first-order valence-electron chi connectivity index (χ1n) is 14.2. The highest BCUT2D eigenvalue weighted by molar-refractivity contribution is 6.23. The number of carbonyl (C=O) groups excluding carboxylic acids is 3. The van der Waals surface area contributed by atoms with Crippen LogP contribution in [0.2, 0.25) is 0 Å². The molecule has 2 N–H and O–H groups in total. The second kappa shape index (κ2) is 11.3. The summed E-state index contributed by atoms with van der Waals surface area (Å²) in [6.45, 7) is 7.23. The van der Waals surface area contributed by atoms with Gasteiger partial charge < -0.3 is 14.5 Å². The average Bonchev–Trinajstić information content (AvgIpc) is 3.56. The van der Waals surface area contributed by atoms with Gasteiger partial charge in [0.25, 0.3) is 11.8 Å². The number of rotatable bonds is 8. The molecule has 40 heavy (non-hydrogen) atoms. The van der Waals surface area contributed by atoms with Gasteiger partial charge in [-0.2, -0.15) is 0 Å². The highest BCUT2D eigenvalue weighted by Crippen LogP contribution is 2.35. The third kappa shape index (κ3) is 5.38. The summed E-state index contributed by atoms with van der Waals surface area (Å²) >= 11 is 0. The predicted molar refractivity (Wildman–Crippen MR) is 154 cm³/mol. The third-order valence-electron chi connectivity index (χ3n) is 8.86. The SMILES string of the molecule is COC(C)(C)CN1C(=O)c2cccc(N3CCCC(C(=O)N(C)C(C)C4CC(c5ccccc5)NN4)C3)c2C1=O. The first-order chi connectivity index (χ1) is 19.1. The Kier molecular flexibility index (Phi) is 7.99. The van der Waals surface area contributed by atoms with Crippen LogP contribution in [0, 0.1) is 5.92 Å². The second-order valence-electron chi connectivity index (χ2n) is 11.9. The molecular weight excluding hydrogens is 506 g/mol. The number of imide groups is 1. The fraction of sp³-hybridized carbons (Fsp3) is 0.516. The van der Waals surface area contributed by atoms with Gasteiger partial charge in [0.15, 0.2) is 0 Å². The monoisotopic (exact) mass is 547 g/mol. The molecule has 3 heterocycles. The van der Waals surface area contributed by atoms with Crippen molar-refractivity contribution in [2.75, 3.05) is 38.7 Å². The predicted octanol–water partition coefficient (Wildman–Crippen LogP) is 3.38. The van der Waals surface area contributed by atoms with E-state index in [0.29, 0.717) is 17.7 Å². The van der Waals surface area contributed by atoms with Gasteiger partial charge in [-0.05, 0) is 57.7 Å². The molecule has 0 aromatic heterocycles. The number of benzene rings is 2. The van der Waals surface area contributed by atoms with Crippen molar-refractivity contribution in [3.05, 3.63) is 65.2 Å². The van der Waals surface area contributed by atoms with Crippen LogP contribution in [0.5, 0.6) is 0 Å². The number of piperidine rings is 1. The molecule has 3 aliphatic rings. The van der Waals surface area contributed by atoms with Crippen LogP contribution < -0.4 is 15.8 Å². The molecule has 0 aliphatic carbocycles. The van der Waals surface area contributed by atoms with Crippen LogP contribution >= 0.6 is 0 Å². The standard InChI is InChI=1S/C31H41N5O4/c1-20(24-17-25(33-32-24)21-11-7-6-8-12-21)34(4)28(37)22-13-10-16-35(18-22)26-15-9-14-23-27(26)30(39)36(29(23)38)19-31(2,3)40-5/h6-9,11-12,14-15,20,22,24-25,32-33H,10,13,16-19H2,1-5H3. The zero-order chi connectivity index (χ0) is 28.6. The van der Waals surface area contributed by atoms with Crippen molar-refractivity contribution >= 4 is 23.4 Å². The van der Waals surface area contributed by atoms with E-state index in [-0.39, 0.29) is 48.3 Å². The number of carbonyl (C=O) groups is 3. The molecule has 9 nitrogen and oxygen atoms in total. The van der Waals surface area contributed by atoms with Gasteiger partial charge in [0.1, 0.15) is 0 Å². The largest absolute Gasteiger partial charge is 0.377 e. The quantitative estimate of drug-likeness (QED) is 0.490. The van der Waals surface area contributed by atoms with Gasteiger partial charge in [-0.15, -0.1) is 0 Å². The van der Waals surface area contributed by atoms with Crippen LogP contribution in [0.3, 0.4) is 0 Å². The molecule has 9 heteroatoms. The van der Waals surface area contributed by atoms with Crippen molar-refractivity contribution in [2.24, 2.45) is 5.92 Å². The van der Waals surface area contributed by atoms with E-state index in [9.17, 15) is 14.4 Å². The molecule has 3 amide bonds. The minimum absolute atomic E-state index is 0.00181.